The van der Waals surface area contributed by atoms with Crippen LogP contribution in [0.3, 0.4) is 0 Å². The van der Waals surface area contributed by atoms with E-state index in [-0.39, 0.29) is 5.91 Å². The van der Waals surface area contributed by atoms with Gasteiger partial charge in [0.15, 0.2) is 0 Å². The maximum Gasteiger partial charge on any atom is 0.256 e. The first-order valence-electron chi connectivity index (χ1n) is 6.04. The van der Waals surface area contributed by atoms with Crippen LogP contribution in [0.2, 0.25) is 5.02 Å². The zero-order chi connectivity index (χ0) is 12.3. The molecule has 3 heteroatoms. The third-order valence-corrected chi connectivity index (χ3v) is 3.74. The van der Waals surface area contributed by atoms with Crippen molar-refractivity contribution in [3.8, 4) is 0 Å². The molecule has 2 rings (SSSR count). The molecule has 17 heavy (non-hydrogen) atoms. The first-order chi connectivity index (χ1) is 8.20. The summed E-state index contributed by atoms with van der Waals surface area (Å²) in [5.74, 6) is -0.00727. The Bertz CT molecular complexity index is 399. The average Bonchev–Trinajstić information content (AvgIpc) is 2.39. The molecule has 0 unspecified atom stereocenters. The highest BCUT2D eigenvalue weighted by Crippen LogP contribution is 2.24. The van der Waals surface area contributed by atoms with E-state index in [4.69, 9.17) is 11.6 Å². The molecule has 0 radical (unpaired) electrons. The molecule has 0 saturated heterocycles. The molecular weight excluding hydrogens is 234 g/mol. The number of rotatable bonds is 2. The Labute approximate surface area is 108 Å². The molecule has 2 nitrogen and oxygen atoms in total. The van der Waals surface area contributed by atoms with Crippen molar-refractivity contribution in [2.24, 2.45) is 0 Å². The quantitative estimate of drug-likeness (QED) is 0.787. The lowest BCUT2D eigenvalue weighted by Crippen LogP contribution is -2.38. The molecule has 0 aliphatic heterocycles. The number of hydrogen-bond acceptors (Lipinski definition) is 1. The highest BCUT2D eigenvalue weighted by molar-refractivity contribution is 6.33. The number of halogens is 1. The lowest BCUT2D eigenvalue weighted by Gasteiger charge is -2.31. The van der Waals surface area contributed by atoms with Crippen molar-refractivity contribution in [1.82, 2.24) is 4.90 Å². The highest BCUT2D eigenvalue weighted by Gasteiger charge is 2.23. The van der Waals surface area contributed by atoms with Gasteiger partial charge in [-0.3, -0.25) is 4.79 Å². The molecule has 1 aliphatic rings. The van der Waals surface area contributed by atoms with Gasteiger partial charge in [-0.1, -0.05) is 43.0 Å². The lowest BCUT2D eigenvalue weighted by atomic mass is 9.94. The van der Waals surface area contributed by atoms with Crippen LogP contribution in [0, 0.1) is 12.1 Å². The van der Waals surface area contributed by atoms with E-state index >= 15 is 0 Å². The predicted molar refractivity (Wildman–Crippen MR) is 68.1 cm³/mol. The maximum absolute atomic E-state index is 12.3. The Morgan fingerprint density at radius 1 is 1.29 bits per heavy atom. The first kappa shape index (κ1) is 12.3. The van der Waals surface area contributed by atoms with Crippen molar-refractivity contribution in [3.63, 3.8) is 0 Å². The molecule has 1 aromatic carbocycles. The largest absolute Gasteiger partial charge is 0.339 e. The van der Waals surface area contributed by atoms with Gasteiger partial charge in [-0.25, -0.2) is 0 Å². The number of hydrogen-bond donors (Lipinski definition) is 0. The van der Waals surface area contributed by atoms with Crippen LogP contribution < -0.4 is 0 Å². The standard InChI is InChI=1S/C14H16ClNO/c1-16(11-7-3-2-4-8-11)14(17)12-9-5-6-10-13(12)15/h9-11H,2-4,7-8H2,1H3. The van der Waals surface area contributed by atoms with Crippen molar-refractivity contribution in [1.29, 1.82) is 0 Å². The average molecular weight is 250 g/mol. The van der Waals surface area contributed by atoms with E-state index in [2.05, 4.69) is 12.1 Å². The Hall–Kier alpha value is -1.20. The summed E-state index contributed by atoms with van der Waals surface area (Å²) in [6.45, 7) is 0. The fourth-order valence-electron chi connectivity index (χ4n) is 2.35. The summed E-state index contributed by atoms with van der Waals surface area (Å²) in [5.41, 5.74) is 0.526. The molecule has 0 bridgehead atoms. The fraction of sp³-hybridized carbons (Fsp3) is 0.500. The minimum Gasteiger partial charge on any atom is -0.339 e. The van der Waals surface area contributed by atoms with Gasteiger partial charge in [-0.05, 0) is 12.8 Å². The summed E-state index contributed by atoms with van der Waals surface area (Å²) in [5, 5.41) is 0.455. The Morgan fingerprint density at radius 2 is 1.94 bits per heavy atom. The Balaban J connectivity index is 2.11. The number of amides is 1. The van der Waals surface area contributed by atoms with Crippen molar-refractivity contribution < 1.29 is 4.79 Å². The number of carbonyl (C=O) groups excluding carboxylic acids is 1. The molecule has 0 atom stereocenters. The zero-order valence-corrected chi connectivity index (χ0v) is 10.8. The summed E-state index contributed by atoms with van der Waals surface area (Å²) < 4.78 is 0. The van der Waals surface area contributed by atoms with Crippen LogP contribution in [-0.2, 0) is 0 Å². The van der Waals surface area contributed by atoms with Crippen molar-refractivity contribution in [2.45, 2.75) is 38.1 Å². The molecular formula is C14H16ClNO. The normalized spacial score (nSPS) is 16.4. The Kier molecular flexibility index (Phi) is 3.91. The second-order valence-corrected chi connectivity index (χ2v) is 4.95. The van der Waals surface area contributed by atoms with Gasteiger partial charge in [0.1, 0.15) is 0 Å². The van der Waals surface area contributed by atoms with Crippen molar-refractivity contribution in [3.05, 3.63) is 34.9 Å². The number of carbonyl (C=O) groups is 1. The van der Waals surface area contributed by atoms with E-state index in [1.54, 1.807) is 12.1 Å². The summed E-state index contributed by atoms with van der Waals surface area (Å²) in [6.07, 6.45) is 5.91. The number of nitrogens with zero attached hydrogens (tertiary/aromatic N) is 1. The lowest BCUT2D eigenvalue weighted by molar-refractivity contribution is 0.0696. The zero-order valence-electron chi connectivity index (χ0n) is 10.0. The van der Waals surface area contributed by atoms with Crippen LogP contribution in [0.1, 0.15) is 42.5 Å². The third-order valence-electron chi connectivity index (χ3n) is 3.43. The van der Waals surface area contributed by atoms with Crippen LogP contribution in [0.5, 0.6) is 0 Å². The van der Waals surface area contributed by atoms with Gasteiger partial charge in [0, 0.05) is 25.2 Å². The molecule has 1 saturated carbocycles. The van der Waals surface area contributed by atoms with E-state index < -0.39 is 0 Å². The van der Waals surface area contributed by atoms with E-state index in [9.17, 15) is 4.79 Å². The summed E-state index contributed by atoms with van der Waals surface area (Å²) in [7, 11) is 1.87. The van der Waals surface area contributed by atoms with Gasteiger partial charge in [0.25, 0.3) is 5.91 Å². The monoisotopic (exact) mass is 249 g/mol. The molecule has 1 amide bonds. The minimum atomic E-state index is -0.00727. The molecule has 1 aromatic rings. The topological polar surface area (TPSA) is 20.3 Å². The van der Waals surface area contributed by atoms with Gasteiger partial charge < -0.3 is 4.90 Å². The second-order valence-electron chi connectivity index (χ2n) is 4.55. The summed E-state index contributed by atoms with van der Waals surface area (Å²) >= 11 is 6.00. The van der Waals surface area contributed by atoms with Crippen LogP contribution in [0.15, 0.2) is 12.1 Å². The van der Waals surface area contributed by atoms with Gasteiger partial charge in [0.05, 0.1) is 10.6 Å². The van der Waals surface area contributed by atoms with Gasteiger partial charge >= 0.3 is 0 Å². The van der Waals surface area contributed by atoms with E-state index in [0.717, 1.165) is 12.8 Å². The van der Waals surface area contributed by atoms with E-state index in [1.165, 1.54) is 19.3 Å². The fourth-order valence-corrected chi connectivity index (χ4v) is 2.54. The summed E-state index contributed by atoms with van der Waals surface area (Å²) in [6, 6.07) is 9.09. The summed E-state index contributed by atoms with van der Waals surface area (Å²) in [4.78, 5) is 14.1. The molecule has 1 aliphatic carbocycles. The maximum atomic E-state index is 12.3. The van der Waals surface area contributed by atoms with E-state index in [0.29, 0.717) is 16.6 Å². The molecule has 0 aromatic heterocycles. The molecule has 0 spiro atoms. The van der Waals surface area contributed by atoms with Gasteiger partial charge in [-0.2, -0.15) is 0 Å². The SMILES string of the molecule is CN(C(=O)c1cc#ccc1Cl)C1CCCCC1. The van der Waals surface area contributed by atoms with Gasteiger partial charge in [-0.15, -0.1) is 0 Å². The van der Waals surface area contributed by atoms with Crippen molar-refractivity contribution in [2.75, 3.05) is 7.05 Å². The minimum absolute atomic E-state index is 0.00727. The third kappa shape index (κ3) is 2.73. The van der Waals surface area contributed by atoms with E-state index in [1.807, 2.05) is 11.9 Å². The van der Waals surface area contributed by atoms with Gasteiger partial charge in [0.2, 0.25) is 0 Å². The smallest absolute Gasteiger partial charge is 0.256 e. The van der Waals surface area contributed by atoms with Crippen molar-refractivity contribution >= 4 is 17.5 Å². The van der Waals surface area contributed by atoms with Crippen LogP contribution in [-0.4, -0.2) is 23.9 Å². The van der Waals surface area contributed by atoms with Crippen LogP contribution in [0.25, 0.3) is 0 Å². The molecule has 1 fully saturated rings. The molecule has 0 N–H and O–H groups in total. The van der Waals surface area contributed by atoms with Crippen LogP contribution in [0.4, 0.5) is 0 Å². The van der Waals surface area contributed by atoms with Crippen LogP contribution >= 0.6 is 11.6 Å². The Morgan fingerprint density at radius 3 is 2.59 bits per heavy atom. The molecule has 90 valence electrons. The first-order valence-corrected chi connectivity index (χ1v) is 6.42. The highest BCUT2D eigenvalue weighted by atomic mass is 35.5. The second kappa shape index (κ2) is 5.42. The molecule has 0 heterocycles. The predicted octanol–water partition coefficient (Wildman–Crippen LogP) is 3.35.